The SMILES string of the molecule is CCCC=C=C(/C=C/C(=O)OCC)CCCC. The molecule has 0 aliphatic heterocycles. The molecule has 0 unspecified atom stereocenters. The van der Waals surface area contributed by atoms with Crippen LogP contribution in [0.4, 0.5) is 0 Å². The van der Waals surface area contributed by atoms with E-state index in [1.807, 2.05) is 12.2 Å². The van der Waals surface area contributed by atoms with Crippen LogP contribution in [0.25, 0.3) is 0 Å². The third kappa shape index (κ3) is 9.65. The van der Waals surface area contributed by atoms with Crippen molar-refractivity contribution in [2.75, 3.05) is 6.61 Å². The zero-order valence-corrected chi connectivity index (χ0v) is 11.3. The Morgan fingerprint density at radius 3 is 2.53 bits per heavy atom. The summed E-state index contributed by atoms with van der Waals surface area (Å²) in [5.74, 6) is -0.279. The van der Waals surface area contributed by atoms with Gasteiger partial charge in [0.1, 0.15) is 0 Å². The molecule has 0 rings (SSSR count). The second kappa shape index (κ2) is 11.2. The molecule has 96 valence electrons. The number of allylic oxidation sites excluding steroid dienone is 2. The molecule has 2 nitrogen and oxygen atoms in total. The lowest BCUT2D eigenvalue weighted by Gasteiger charge is -1.98. The molecular weight excluding hydrogens is 212 g/mol. The molecule has 0 amide bonds. The van der Waals surface area contributed by atoms with Crippen molar-refractivity contribution in [3.63, 3.8) is 0 Å². The highest BCUT2D eigenvalue weighted by Gasteiger charge is 1.95. The Bertz CT molecular complexity index is 294. The normalized spacial score (nSPS) is 10.1. The molecule has 0 heterocycles. The summed E-state index contributed by atoms with van der Waals surface area (Å²) in [5.41, 5.74) is 4.33. The zero-order valence-electron chi connectivity index (χ0n) is 11.3. The average molecular weight is 236 g/mol. The second-order valence-electron chi connectivity index (χ2n) is 3.85. The molecule has 0 aliphatic rings. The molecule has 0 aliphatic carbocycles. The highest BCUT2D eigenvalue weighted by Crippen LogP contribution is 2.08. The average Bonchev–Trinajstić information content (AvgIpc) is 2.32. The molecular formula is C15H24O2. The van der Waals surface area contributed by atoms with Crippen LogP contribution in [0.15, 0.2) is 29.5 Å². The Kier molecular flexibility index (Phi) is 10.4. The Labute approximate surface area is 105 Å². The van der Waals surface area contributed by atoms with E-state index in [1.54, 1.807) is 6.92 Å². The quantitative estimate of drug-likeness (QED) is 0.273. The maximum absolute atomic E-state index is 11.2. The van der Waals surface area contributed by atoms with E-state index in [4.69, 9.17) is 4.74 Å². The molecule has 0 aromatic carbocycles. The van der Waals surface area contributed by atoms with Crippen molar-refractivity contribution in [3.8, 4) is 0 Å². The van der Waals surface area contributed by atoms with Gasteiger partial charge in [-0.2, -0.15) is 0 Å². The maximum atomic E-state index is 11.2. The first-order chi connectivity index (χ1) is 8.24. The first-order valence-corrected chi connectivity index (χ1v) is 6.53. The summed E-state index contributed by atoms with van der Waals surface area (Å²) in [7, 11) is 0. The minimum atomic E-state index is -0.279. The minimum absolute atomic E-state index is 0.279. The molecule has 0 fully saturated rings. The third-order valence-corrected chi connectivity index (χ3v) is 2.23. The predicted octanol–water partition coefficient (Wildman–Crippen LogP) is 4.18. The summed E-state index contributed by atoms with van der Waals surface area (Å²) in [6.07, 6.45) is 10.7. The van der Waals surface area contributed by atoms with Gasteiger partial charge in [-0.15, -0.1) is 5.73 Å². The molecule has 17 heavy (non-hydrogen) atoms. The number of hydrogen-bond donors (Lipinski definition) is 0. The van der Waals surface area contributed by atoms with Crippen molar-refractivity contribution in [2.24, 2.45) is 0 Å². The van der Waals surface area contributed by atoms with Crippen LogP contribution in [-0.4, -0.2) is 12.6 Å². The van der Waals surface area contributed by atoms with Crippen LogP contribution in [-0.2, 0) is 9.53 Å². The van der Waals surface area contributed by atoms with Gasteiger partial charge in [0.05, 0.1) is 6.61 Å². The van der Waals surface area contributed by atoms with Crippen molar-refractivity contribution in [2.45, 2.75) is 52.9 Å². The Hall–Kier alpha value is -1.27. The monoisotopic (exact) mass is 236 g/mol. The van der Waals surface area contributed by atoms with Gasteiger partial charge in [-0.25, -0.2) is 4.79 Å². The highest BCUT2D eigenvalue weighted by molar-refractivity contribution is 5.82. The zero-order chi connectivity index (χ0) is 12.9. The molecule has 0 saturated carbocycles. The van der Waals surface area contributed by atoms with E-state index < -0.39 is 0 Å². The van der Waals surface area contributed by atoms with Crippen molar-refractivity contribution in [3.05, 3.63) is 29.5 Å². The van der Waals surface area contributed by atoms with Crippen LogP contribution in [0.3, 0.4) is 0 Å². The van der Waals surface area contributed by atoms with E-state index in [0.717, 1.165) is 37.7 Å². The van der Waals surface area contributed by atoms with Gasteiger partial charge in [0.2, 0.25) is 0 Å². The van der Waals surface area contributed by atoms with Crippen molar-refractivity contribution >= 4 is 5.97 Å². The minimum Gasteiger partial charge on any atom is -0.463 e. The van der Waals surface area contributed by atoms with Gasteiger partial charge in [-0.05, 0) is 43.9 Å². The lowest BCUT2D eigenvalue weighted by molar-refractivity contribution is -0.137. The summed E-state index contributed by atoms with van der Waals surface area (Å²) in [4.78, 5) is 11.2. The van der Waals surface area contributed by atoms with Gasteiger partial charge in [0.15, 0.2) is 0 Å². The van der Waals surface area contributed by atoms with E-state index >= 15 is 0 Å². The maximum Gasteiger partial charge on any atom is 0.330 e. The smallest absolute Gasteiger partial charge is 0.330 e. The summed E-state index contributed by atoms with van der Waals surface area (Å²) in [6, 6.07) is 0. The molecule has 0 bridgehead atoms. The molecule has 0 aromatic heterocycles. The summed E-state index contributed by atoms with van der Waals surface area (Å²) < 4.78 is 4.85. The number of rotatable bonds is 8. The molecule has 0 atom stereocenters. The van der Waals surface area contributed by atoms with Crippen molar-refractivity contribution < 1.29 is 9.53 Å². The fourth-order valence-electron chi connectivity index (χ4n) is 1.28. The standard InChI is InChI=1S/C15H24O2/c1-4-7-9-11-14(10-8-5-2)12-13-15(16)17-6-3/h9,12-13H,4-8,10H2,1-3H3/b13-12+. The van der Waals surface area contributed by atoms with Crippen LogP contribution >= 0.6 is 0 Å². The van der Waals surface area contributed by atoms with Crippen LogP contribution < -0.4 is 0 Å². The van der Waals surface area contributed by atoms with Crippen LogP contribution in [0.2, 0.25) is 0 Å². The number of ether oxygens (including phenoxy) is 1. The van der Waals surface area contributed by atoms with E-state index in [1.165, 1.54) is 6.08 Å². The van der Waals surface area contributed by atoms with E-state index in [2.05, 4.69) is 19.6 Å². The molecule has 0 N–H and O–H groups in total. The first-order valence-electron chi connectivity index (χ1n) is 6.53. The first kappa shape index (κ1) is 15.7. The third-order valence-electron chi connectivity index (χ3n) is 2.23. The molecule has 2 heteroatoms. The van der Waals surface area contributed by atoms with Crippen LogP contribution in [0.1, 0.15) is 52.9 Å². The molecule has 0 aromatic rings. The molecule has 0 spiro atoms. The van der Waals surface area contributed by atoms with E-state index in [9.17, 15) is 4.79 Å². The summed E-state index contributed by atoms with van der Waals surface area (Å²) in [6.45, 7) is 6.52. The number of unbranched alkanes of at least 4 members (excludes halogenated alkanes) is 2. The van der Waals surface area contributed by atoms with Crippen molar-refractivity contribution in [1.82, 2.24) is 0 Å². The lowest BCUT2D eigenvalue weighted by Crippen LogP contribution is -1.98. The summed E-state index contributed by atoms with van der Waals surface area (Å²) >= 11 is 0. The summed E-state index contributed by atoms with van der Waals surface area (Å²) in [5, 5.41) is 0. The Morgan fingerprint density at radius 1 is 1.18 bits per heavy atom. The largest absolute Gasteiger partial charge is 0.463 e. The highest BCUT2D eigenvalue weighted by atomic mass is 16.5. The fourth-order valence-corrected chi connectivity index (χ4v) is 1.28. The van der Waals surface area contributed by atoms with Gasteiger partial charge in [0, 0.05) is 6.08 Å². The van der Waals surface area contributed by atoms with E-state index in [0.29, 0.717) is 6.61 Å². The van der Waals surface area contributed by atoms with Crippen LogP contribution in [0, 0.1) is 0 Å². The Balaban J connectivity index is 4.47. The van der Waals surface area contributed by atoms with Gasteiger partial charge in [-0.3, -0.25) is 0 Å². The fraction of sp³-hybridized carbons (Fsp3) is 0.600. The van der Waals surface area contributed by atoms with Gasteiger partial charge in [0.25, 0.3) is 0 Å². The molecule has 0 saturated heterocycles. The topological polar surface area (TPSA) is 26.3 Å². The number of hydrogen-bond acceptors (Lipinski definition) is 2. The predicted molar refractivity (Wildman–Crippen MR) is 71.8 cm³/mol. The second-order valence-corrected chi connectivity index (χ2v) is 3.85. The lowest BCUT2D eigenvalue weighted by atomic mass is 10.1. The van der Waals surface area contributed by atoms with Crippen molar-refractivity contribution in [1.29, 1.82) is 0 Å². The van der Waals surface area contributed by atoms with E-state index in [-0.39, 0.29) is 5.97 Å². The van der Waals surface area contributed by atoms with Gasteiger partial charge >= 0.3 is 5.97 Å². The van der Waals surface area contributed by atoms with Crippen LogP contribution in [0.5, 0.6) is 0 Å². The Morgan fingerprint density at radius 2 is 1.94 bits per heavy atom. The number of carbonyl (C=O) groups excluding carboxylic acids is 1. The van der Waals surface area contributed by atoms with Gasteiger partial charge in [-0.1, -0.05) is 26.7 Å². The number of carbonyl (C=O) groups is 1. The van der Waals surface area contributed by atoms with Gasteiger partial charge < -0.3 is 4.74 Å². The number of esters is 1. The molecule has 0 radical (unpaired) electrons.